The van der Waals surface area contributed by atoms with Gasteiger partial charge < -0.3 is 10.1 Å². The van der Waals surface area contributed by atoms with Crippen molar-refractivity contribution in [2.24, 2.45) is 0 Å². The van der Waals surface area contributed by atoms with Crippen molar-refractivity contribution < 1.29 is 9.53 Å². The maximum atomic E-state index is 12.5. The number of carbonyl (C=O) groups is 1. The van der Waals surface area contributed by atoms with E-state index in [1.807, 2.05) is 37.3 Å². The molecule has 1 N–H and O–H groups in total. The van der Waals surface area contributed by atoms with Crippen LogP contribution in [0.1, 0.15) is 31.0 Å². The highest BCUT2D eigenvalue weighted by molar-refractivity contribution is 5.81. The highest BCUT2D eigenvalue weighted by Gasteiger charge is 2.18. The number of nitrogens with zero attached hydrogens (tertiary/aromatic N) is 1. The first-order valence-electron chi connectivity index (χ1n) is 9.19. The number of nitriles is 1. The Bertz CT molecular complexity index is 958. The van der Waals surface area contributed by atoms with Gasteiger partial charge in [0, 0.05) is 0 Å². The van der Waals surface area contributed by atoms with Crippen molar-refractivity contribution in [2.75, 3.05) is 0 Å². The smallest absolute Gasteiger partial charge is 0.261 e. The maximum Gasteiger partial charge on any atom is 0.261 e. The number of benzene rings is 3. The Morgan fingerprint density at radius 2 is 1.50 bits per heavy atom. The molecule has 0 bridgehead atoms. The van der Waals surface area contributed by atoms with Crippen LogP contribution in [-0.2, 0) is 4.79 Å². The fourth-order valence-electron chi connectivity index (χ4n) is 2.87. The summed E-state index contributed by atoms with van der Waals surface area (Å²) in [6.45, 7) is 3.66. The minimum atomic E-state index is -0.640. The fraction of sp³-hybridized carbons (Fsp3) is 0.167. The number of nitrogens with one attached hydrogen (secondary N) is 1. The van der Waals surface area contributed by atoms with E-state index in [2.05, 4.69) is 35.7 Å². The zero-order chi connectivity index (χ0) is 19.9. The summed E-state index contributed by atoms with van der Waals surface area (Å²) in [5, 5.41) is 11.8. The molecule has 28 heavy (non-hydrogen) atoms. The van der Waals surface area contributed by atoms with Gasteiger partial charge in [0.05, 0.1) is 17.7 Å². The van der Waals surface area contributed by atoms with E-state index in [4.69, 9.17) is 10.00 Å². The summed E-state index contributed by atoms with van der Waals surface area (Å²) < 4.78 is 5.67. The van der Waals surface area contributed by atoms with E-state index >= 15 is 0 Å². The van der Waals surface area contributed by atoms with Crippen LogP contribution in [0.5, 0.6) is 5.75 Å². The highest BCUT2D eigenvalue weighted by atomic mass is 16.5. The lowest BCUT2D eigenvalue weighted by molar-refractivity contribution is -0.127. The van der Waals surface area contributed by atoms with E-state index in [1.165, 1.54) is 0 Å². The summed E-state index contributed by atoms with van der Waals surface area (Å²) in [6.07, 6.45) is -0.640. The Hall–Kier alpha value is -3.58. The van der Waals surface area contributed by atoms with Crippen LogP contribution in [0.4, 0.5) is 0 Å². The maximum absolute atomic E-state index is 12.5. The van der Waals surface area contributed by atoms with E-state index < -0.39 is 6.10 Å². The van der Waals surface area contributed by atoms with Crippen molar-refractivity contribution in [2.45, 2.75) is 26.0 Å². The minimum Gasteiger partial charge on any atom is -0.481 e. The van der Waals surface area contributed by atoms with Gasteiger partial charge in [-0.2, -0.15) is 5.26 Å². The van der Waals surface area contributed by atoms with Gasteiger partial charge in [0.1, 0.15) is 5.75 Å². The SMILES string of the molecule is CC(Oc1ccc(C#N)cc1)C(=O)NC(C)c1ccc(-c2ccccc2)cc1. The van der Waals surface area contributed by atoms with Gasteiger partial charge >= 0.3 is 0 Å². The molecular weight excluding hydrogens is 348 g/mol. The Kier molecular flexibility index (Phi) is 6.08. The Morgan fingerprint density at radius 3 is 2.11 bits per heavy atom. The van der Waals surface area contributed by atoms with Crippen LogP contribution >= 0.6 is 0 Å². The number of ether oxygens (including phenoxy) is 1. The van der Waals surface area contributed by atoms with Gasteiger partial charge in [0.2, 0.25) is 0 Å². The molecule has 3 rings (SSSR count). The largest absolute Gasteiger partial charge is 0.481 e. The predicted octanol–water partition coefficient (Wildman–Crippen LogP) is 4.87. The molecule has 0 saturated carbocycles. The van der Waals surface area contributed by atoms with Gasteiger partial charge in [-0.3, -0.25) is 4.79 Å². The van der Waals surface area contributed by atoms with E-state index in [-0.39, 0.29) is 11.9 Å². The van der Waals surface area contributed by atoms with Crippen LogP contribution in [0, 0.1) is 11.3 Å². The van der Waals surface area contributed by atoms with Crippen molar-refractivity contribution in [3.05, 3.63) is 90.0 Å². The molecule has 140 valence electrons. The molecule has 4 nitrogen and oxygen atoms in total. The van der Waals surface area contributed by atoms with Gasteiger partial charge in [-0.05, 0) is 54.8 Å². The minimum absolute atomic E-state index is 0.135. The van der Waals surface area contributed by atoms with Crippen LogP contribution in [0.2, 0.25) is 0 Å². The zero-order valence-corrected chi connectivity index (χ0v) is 15.9. The Labute approximate surface area is 165 Å². The third-order valence-electron chi connectivity index (χ3n) is 4.54. The van der Waals surface area contributed by atoms with Gasteiger partial charge in [0.15, 0.2) is 6.10 Å². The van der Waals surface area contributed by atoms with Crippen molar-refractivity contribution >= 4 is 5.91 Å². The van der Waals surface area contributed by atoms with E-state index in [9.17, 15) is 4.79 Å². The molecule has 3 aromatic rings. The molecule has 4 heteroatoms. The second-order valence-electron chi connectivity index (χ2n) is 6.61. The molecule has 0 saturated heterocycles. The van der Waals surface area contributed by atoms with Crippen molar-refractivity contribution in [1.29, 1.82) is 5.26 Å². The first-order valence-corrected chi connectivity index (χ1v) is 9.19. The number of rotatable bonds is 6. The summed E-state index contributed by atoms with van der Waals surface area (Å²) in [6, 6.07) is 27.0. The molecule has 3 aromatic carbocycles. The molecule has 2 atom stereocenters. The van der Waals surface area contributed by atoms with Crippen LogP contribution in [0.15, 0.2) is 78.9 Å². The summed E-state index contributed by atoms with van der Waals surface area (Å²) in [5.41, 5.74) is 3.88. The first kappa shape index (κ1) is 19.2. The third kappa shape index (κ3) is 4.77. The molecular formula is C24H22N2O2. The summed E-state index contributed by atoms with van der Waals surface area (Å²) in [7, 11) is 0. The van der Waals surface area contributed by atoms with E-state index in [0.717, 1.165) is 16.7 Å². The number of amides is 1. The Morgan fingerprint density at radius 1 is 0.893 bits per heavy atom. The summed E-state index contributed by atoms with van der Waals surface area (Å²) in [5.74, 6) is 0.366. The van der Waals surface area contributed by atoms with Crippen LogP contribution in [0.3, 0.4) is 0 Å². The fourth-order valence-corrected chi connectivity index (χ4v) is 2.87. The monoisotopic (exact) mass is 370 g/mol. The number of carbonyl (C=O) groups excluding carboxylic acids is 1. The van der Waals surface area contributed by atoms with Gasteiger partial charge in [-0.1, -0.05) is 54.6 Å². The first-order chi connectivity index (χ1) is 13.6. The van der Waals surface area contributed by atoms with Gasteiger partial charge in [0.25, 0.3) is 5.91 Å². The molecule has 0 aliphatic heterocycles. The zero-order valence-electron chi connectivity index (χ0n) is 15.9. The van der Waals surface area contributed by atoms with Gasteiger partial charge in [-0.15, -0.1) is 0 Å². The second-order valence-corrected chi connectivity index (χ2v) is 6.61. The molecule has 0 aliphatic carbocycles. The molecule has 0 heterocycles. The number of hydrogen-bond acceptors (Lipinski definition) is 3. The second kappa shape index (κ2) is 8.88. The van der Waals surface area contributed by atoms with Crippen LogP contribution in [-0.4, -0.2) is 12.0 Å². The third-order valence-corrected chi connectivity index (χ3v) is 4.54. The molecule has 0 aromatic heterocycles. The quantitative estimate of drug-likeness (QED) is 0.673. The topological polar surface area (TPSA) is 62.1 Å². The lowest BCUT2D eigenvalue weighted by atomic mass is 10.0. The highest BCUT2D eigenvalue weighted by Crippen LogP contribution is 2.22. The molecule has 0 spiro atoms. The summed E-state index contributed by atoms with van der Waals surface area (Å²) in [4.78, 5) is 12.5. The van der Waals surface area contributed by atoms with Crippen molar-refractivity contribution in [3.63, 3.8) is 0 Å². The Balaban J connectivity index is 1.59. The average molecular weight is 370 g/mol. The van der Waals surface area contributed by atoms with Gasteiger partial charge in [-0.25, -0.2) is 0 Å². The molecule has 1 amide bonds. The lowest BCUT2D eigenvalue weighted by Gasteiger charge is -2.19. The van der Waals surface area contributed by atoms with Crippen LogP contribution in [0.25, 0.3) is 11.1 Å². The predicted molar refractivity (Wildman–Crippen MR) is 110 cm³/mol. The lowest BCUT2D eigenvalue weighted by Crippen LogP contribution is -2.37. The van der Waals surface area contributed by atoms with Crippen molar-refractivity contribution in [1.82, 2.24) is 5.32 Å². The summed E-state index contributed by atoms with van der Waals surface area (Å²) >= 11 is 0. The average Bonchev–Trinajstić information content (AvgIpc) is 2.75. The standard InChI is InChI=1S/C24H22N2O2/c1-17(20-10-12-22(13-11-20)21-6-4-3-5-7-21)26-24(27)18(2)28-23-14-8-19(16-25)9-15-23/h3-15,17-18H,1-2H3,(H,26,27). The van der Waals surface area contributed by atoms with Crippen molar-refractivity contribution in [3.8, 4) is 22.9 Å². The molecule has 0 aliphatic rings. The number of hydrogen-bond donors (Lipinski definition) is 1. The molecule has 0 radical (unpaired) electrons. The van der Waals surface area contributed by atoms with E-state index in [0.29, 0.717) is 11.3 Å². The normalized spacial score (nSPS) is 12.5. The molecule has 0 fully saturated rings. The van der Waals surface area contributed by atoms with E-state index in [1.54, 1.807) is 31.2 Å². The molecule has 2 unspecified atom stereocenters. The van der Waals surface area contributed by atoms with Crippen LogP contribution < -0.4 is 10.1 Å².